The minimum absolute atomic E-state index is 0.149. The van der Waals surface area contributed by atoms with Crippen LogP contribution in [-0.2, 0) is 16.1 Å². The second-order valence-corrected chi connectivity index (χ2v) is 5.28. The average Bonchev–Trinajstić information content (AvgIpc) is 2.44. The van der Waals surface area contributed by atoms with Crippen LogP contribution < -0.4 is 0 Å². The minimum Gasteiger partial charge on any atom is -0.461 e. The molecule has 0 spiro atoms. The Kier molecular flexibility index (Phi) is 6.34. The summed E-state index contributed by atoms with van der Waals surface area (Å²) >= 11 is 0. The van der Waals surface area contributed by atoms with Crippen LogP contribution in [0.1, 0.15) is 45.1 Å². The van der Waals surface area contributed by atoms with Crippen LogP contribution in [0.5, 0.6) is 0 Å². The van der Waals surface area contributed by atoms with E-state index >= 15 is 0 Å². The van der Waals surface area contributed by atoms with Crippen LogP contribution in [0.25, 0.3) is 0 Å². The molecule has 0 aromatic heterocycles. The predicted molar refractivity (Wildman–Crippen MR) is 78.7 cm³/mol. The van der Waals surface area contributed by atoms with E-state index in [2.05, 4.69) is 20.4 Å². The molecule has 0 bridgehead atoms. The Labute approximate surface area is 116 Å². The first kappa shape index (κ1) is 15.5. The molecule has 0 unspecified atom stereocenters. The van der Waals surface area contributed by atoms with Crippen LogP contribution >= 0.6 is 0 Å². The van der Waals surface area contributed by atoms with E-state index in [4.69, 9.17) is 4.74 Å². The summed E-state index contributed by atoms with van der Waals surface area (Å²) in [7, 11) is 0. The van der Waals surface area contributed by atoms with Crippen molar-refractivity contribution in [1.82, 2.24) is 0 Å². The Morgan fingerprint density at radius 1 is 1.37 bits per heavy atom. The fraction of sp³-hybridized carbons (Fsp3) is 0.471. The zero-order valence-electron chi connectivity index (χ0n) is 12.0. The molecule has 0 saturated carbocycles. The summed E-state index contributed by atoms with van der Waals surface area (Å²) in [6, 6.07) is 9.75. The number of benzene rings is 1. The van der Waals surface area contributed by atoms with Crippen LogP contribution in [0.15, 0.2) is 43.0 Å². The summed E-state index contributed by atoms with van der Waals surface area (Å²) in [6.45, 7) is 8.42. The van der Waals surface area contributed by atoms with Crippen molar-refractivity contribution in [3.63, 3.8) is 0 Å². The highest BCUT2D eigenvalue weighted by Gasteiger charge is 2.24. The van der Waals surface area contributed by atoms with Gasteiger partial charge in [0.1, 0.15) is 6.61 Å². The van der Waals surface area contributed by atoms with Gasteiger partial charge < -0.3 is 4.74 Å². The maximum absolute atomic E-state index is 11.9. The lowest BCUT2D eigenvalue weighted by Gasteiger charge is -2.24. The van der Waals surface area contributed by atoms with Gasteiger partial charge in [-0.15, -0.1) is 6.58 Å². The van der Waals surface area contributed by atoms with Crippen molar-refractivity contribution in [2.75, 3.05) is 0 Å². The number of carbonyl (C=O) groups is 1. The van der Waals surface area contributed by atoms with Crippen molar-refractivity contribution in [2.24, 2.45) is 5.41 Å². The maximum Gasteiger partial charge on any atom is 0.306 e. The highest BCUT2D eigenvalue weighted by atomic mass is 16.5. The van der Waals surface area contributed by atoms with Gasteiger partial charge >= 0.3 is 5.97 Å². The molecule has 2 nitrogen and oxygen atoms in total. The van der Waals surface area contributed by atoms with Crippen LogP contribution in [-0.4, -0.2) is 5.97 Å². The van der Waals surface area contributed by atoms with Gasteiger partial charge in [0, 0.05) is 0 Å². The fourth-order valence-corrected chi connectivity index (χ4v) is 1.96. The fourth-order valence-electron chi connectivity index (χ4n) is 1.96. The number of hydrogen-bond donors (Lipinski definition) is 0. The van der Waals surface area contributed by atoms with E-state index in [1.807, 2.05) is 36.4 Å². The van der Waals surface area contributed by atoms with Gasteiger partial charge in [-0.2, -0.15) is 0 Å². The third-order valence-electron chi connectivity index (χ3n) is 3.39. The first-order chi connectivity index (χ1) is 9.09. The molecule has 0 aliphatic rings. The normalized spacial score (nSPS) is 13.6. The van der Waals surface area contributed by atoms with E-state index < -0.39 is 0 Å². The topological polar surface area (TPSA) is 26.3 Å². The summed E-state index contributed by atoms with van der Waals surface area (Å²) < 4.78 is 5.32. The number of rotatable bonds is 8. The largest absolute Gasteiger partial charge is 0.461 e. The number of unbranched alkanes of at least 4 members (excludes halogenated alkanes) is 1. The Morgan fingerprint density at radius 3 is 2.63 bits per heavy atom. The molecule has 0 aliphatic heterocycles. The zero-order valence-corrected chi connectivity index (χ0v) is 12.0. The molecular weight excluding hydrogens is 236 g/mol. The summed E-state index contributed by atoms with van der Waals surface area (Å²) in [4.78, 5) is 11.9. The van der Waals surface area contributed by atoms with Gasteiger partial charge in [0.15, 0.2) is 0 Å². The zero-order chi connectivity index (χ0) is 14.1. The van der Waals surface area contributed by atoms with Gasteiger partial charge in [-0.1, -0.05) is 63.1 Å². The molecule has 0 N–H and O–H groups in total. The predicted octanol–water partition coefficient (Wildman–Crippen LogP) is 4.50. The maximum atomic E-state index is 11.9. The smallest absolute Gasteiger partial charge is 0.306 e. The van der Waals surface area contributed by atoms with Crippen molar-refractivity contribution in [1.29, 1.82) is 0 Å². The third kappa shape index (κ3) is 5.73. The van der Waals surface area contributed by atoms with E-state index in [0.717, 1.165) is 24.8 Å². The first-order valence-electron chi connectivity index (χ1n) is 6.93. The van der Waals surface area contributed by atoms with Crippen molar-refractivity contribution < 1.29 is 9.53 Å². The average molecular weight is 260 g/mol. The van der Waals surface area contributed by atoms with Crippen LogP contribution in [0.2, 0.25) is 0 Å². The third-order valence-corrected chi connectivity index (χ3v) is 3.39. The van der Waals surface area contributed by atoms with E-state index in [0.29, 0.717) is 13.0 Å². The van der Waals surface area contributed by atoms with Crippen LogP contribution in [0, 0.1) is 5.41 Å². The molecule has 0 radical (unpaired) electrons. The van der Waals surface area contributed by atoms with Gasteiger partial charge in [0.2, 0.25) is 0 Å². The molecule has 1 rings (SSSR count). The molecule has 1 atom stereocenters. The van der Waals surface area contributed by atoms with E-state index in [1.54, 1.807) is 0 Å². The second kappa shape index (κ2) is 7.78. The molecule has 19 heavy (non-hydrogen) atoms. The molecule has 0 saturated heterocycles. The second-order valence-electron chi connectivity index (χ2n) is 5.28. The molecule has 104 valence electrons. The molecular formula is C17H24O2. The molecule has 1 aromatic rings. The first-order valence-corrected chi connectivity index (χ1v) is 6.93. The van der Waals surface area contributed by atoms with Gasteiger partial charge in [0.25, 0.3) is 0 Å². The lowest BCUT2D eigenvalue weighted by atomic mass is 9.82. The molecule has 2 heteroatoms. The Hall–Kier alpha value is -1.57. The standard InChI is InChI=1S/C17H24O2/c1-4-6-12-17(3,5-2)13-16(18)19-14-15-10-8-7-9-11-15/h5,7-11H,2,4,6,12-14H2,1,3H3/t17-/m0/s1. The van der Waals surface area contributed by atoms with Crippen molar-refractivity contribution in [3.8, 4) is 0 Å². The Morgan fingerprint density at radius 2 is 2.05 bits per heavy atom. The van der Waals surface area contributed by atoms with Crippen LogP contribution in [0.3, 0.4) is 0 Å². The lowest BCUT2D eigenvalue weighted by Crippen LogP contribution is -2.20. The van der Waals surface area contributed by atoms with Gasteiger partial charge in [-0.05, 0) is 17.4 Å². The Balaban J connectivity index is 2.43. The van der Waals surface area contributed by atoms with Crippen molar-refractivity contribution in [2.45, 2.75) is 46.1 Å². The van der Waals surface area contributed by atoms with E-state index in [1.165, 1.54) is 0 Å². The van der Waals surface area contributed by atoms with E-state index in [9.17, 15) is 4.79 Å². The van der Waals surface area contributed by atoms with Gasteiger partial charge in [-0.25, -0.2) is 0 Å². The van der Waals surface area contributed by atoms with Gasteiger partial charge in [-0.3, -0.25) is 4.79 Å². The van der Waals surface area contributed by atoms with E-state index in [-0.39, 0.29) is 11.4 Å². The summed E-state index contributed by atoms with van der Waals surface area (Å²) in [5.74, 6) is -0.151. The SMILES string of the molecule is C=C[C@@](C)(CCCC)CC(=O)OCc1ccccc1. The summed E-state index contributed by atoms with van der Waals surface area (Å²) in [5, 5.41) is 0. The summed E-state index contributed by atoms with van der Waals surface area (Å²) in [5.41, 5.74) is 0.869. The highest BCUT2D eigenvalue weighted by molar-refractivity contribution is 5.70. The number of esters is 1. The monoisotopic (exact) mass is 260 g/mol. The van der Waals surface area contributed by atoms with Crippen molar-refractivity contribution >= 4 is 5.97 Å². The molecule has 1 aromatic carbocycles. The molecule has 0 fully saturated rings. The highest BCUT2D eigenvalue weighted by Crippen LogP contribution is 2.30. The number of hydrogen-bond acceptors (Lipinski definition) is 2. The minimum atomic E-state index is -0.151. The van der Waals surface area contributed by atoms with Crippen LogP contribution in [0.4, 0.5) is 0 Å². The lowest BCUT2D eigenvalue weighted by molar-refractivity contribution is -0.147. The number of ether oxygens (including phenoxy) is 1. The quantitative estimate of drug-likeness (QED) is 0.508. The van der Waals surface area contributed by atoms with Crippen molar-refractivity contribution in [3.05, 3.63) is 48.6 Å². The summed E-state index contributed by atoms with van der Waals surface area (Å²) in [6.07, 6.45) is 5.50. The number of carbonyl (C=O) groups excluding carboxylic acids is 1. The molecule has 0 amide bonds. The molecule has 0 heterocycles. The number of allylic oxidation sites excluding steroid dienone is 1. The van der Waals surface area contributed by atoms with Gasteiger partial charge in [0.05, 0.1) is 6.42 Å². The molecule has 0 aliphatic carbocycles. The Bertz CT molecular complexity index is 397.